The van der Waals surface area contributed by atoms with E-state index in [0.29, 0.717) is 22.3 Å². The monoisotopic (exact) mass is 550 g/mol. The van der Waals surface area contributed by atoms with Crippen LogP contribution in [0.4, 0.5) is 5.69 Å². The predicted octanol–water partition coefficient (Wildman–Crippen LogP) is 4.44. The molecule has 3 N–H and O–H groups in total. The van der Waals surface area contributed by atoms with Gasteiger partial charge in [0.25, 0.3) is 11.5 Å². The van der Waals surface area contributed by atoms with Crippen molar-refractivity contribution in [2.24, 2.45) is 0 Å². The number of benzene rings is 4. The maximum absolute atomic E-state index is 13.8. The fourth-order valence-electron chi connectivity index (χ4n) is 4.24. The van der Waals surface area contributed by atoms with Crippen molar-refractivity contribution >= 4 is 40.2 Å². The molecule has 0 atom stereocenters. The number of para-hydroxylation sites is 1. The molecule has 9 heteroatoms. The van der Waals surface area contributed by atoms with Crippen LogP contribution in [-0.2, 0) is 15.2 Å². The Morgan fingerprint density at radius 1 is 0.850 bits per heavy atom. The van der Waals surface area contributed by atoms with Gasteiger partial charge in [-0.1, -0.05) is 102 Å². The first-order valence-electron chi connectivity index (χ1n) is 12.5. The first-order chi connectivity index (χ1) is 19.4. The van der Waals surface area contributed by atoms with Crippen molar-refractivity contribution < 1.29 is 14.7 Å². The van der Waals surface area contributed by atoms with Crippen LogP contribution in [-0.4, -0.2) is 32.3 Å². The van der Waals surface area contributed by atoms with Crippen LogP contribution in [0.5, 0.6) is 0 Å². The molecule has 1 aromatic heterocycles. The van der Waals surface area contributed by atoms with E-state index in [-0.39, 0.29) is 22.2 Å². The summed E-state index contributed by atoms with van der Waals surface area (Å²) in [6.45, 7) is 1.96. The standard InChI is InChI=1S/C31H26N4O4S/c1-21-16-18-24(19-17-21)32-27(36)20-40-30-33-26-15-9-8-14-25(26)28(37)35(30)34-29(38)31(39,22-10-4-2-5-11-22)23-12-6-3-7-13-23/h2-19,39H,20H2,1H3,(H,32,36)(H,34,38). The summed E-state index contributed by atoms with van der Waals surface area (Å²) in [4.78, 5) is 44.7. The predicted molar refractivity (Wildman–Crippen MR) is 157 cm³/mol. The van der Waals surface area contributed by atoms with Crippen LogP contribution in [0.25, 0.3) is 10.9 Å². The highest BCUT2D eigenvalue weighted by Crippen LogP contribution is 2.30. The quantitative estimate of drug-likeness (QED) is 0.195. The van der Waals surface area contributed by atoms with Crippen molar-refractivity contribution in [1.82, 2.24) is 9.66 Å². The Morgan fingerprint density at radius 2 is 1.43 bits per heavy atom. The first-order valence-corrected chi connectivity index (χ1v) is 13.5. The lowest BCUT2D eigenvalue weighted by Crippen LogP contribution is -2.47. The number of carbonyl (C=O) groups excluding carboxylic acids is 2. The number of nitrogens with zero attached hydrogens (tertiary/aromatic N) is 2. The molecule has 0 radical (unpaired) electrons. The highest BCUT2D eigenvalue weighted by atomic mass is 32.2. The molecule has 5 rings (SSSR count). The summed E-state index contributed by atoms with van der Waals surface area (Å²) in [6.07, 6.45) is 0. The average Bonchev–Trinajstić information content (AvgIpc) is 2.99. The van der Waals surface area contributed by atoms with Crippen molar-refractivity contribution in [3.05, 3.63) is 136 Å². The van der Waals surface area contributed by atoms with E-state index in [0.717, 1.165) is 22.0 Å². The third kappa shape index (κ3) is 5.51. The van der Waals surface area contributed by atoms with Gasteiger partial charge in [-0.05, 0) is 42.3 Å². The zero-order valence-electron chi connectivity index (χ0n) is 21.6. The van der Waals surface area contributed by atoms with Crippen LogP contribution in [0, 0.1) is 6.92 Å². The van der Waals surface area contributed by atoms with Gasteiger partial charge in [0, 0.05) is 5.69 Å². The zero-order valence-corrected chi connectivity index (χ0v) is 22.4. The largest absolute Gasteiger partial charge is 0.372 e. The minimum atomic E-state index is -2.11. The second kappa shape index (κ2) is 11.6. The third-order valence-corrected chi connectivity index (χ3v) is 7.28. The lowest BCUT2D eigenvalue weighted by atomic mass is 9.85. The van der Waals surface area contributed by atoms with Crippen LogP contribution in [0.2, 0.25) is 0 Å². The van der Waals surface area contributed by atoms with Crippen molar-refractivity contribution in [3.8, 4) is 0 Å². The Labute approximate surface area is 234 Å². The van der Waals surface area contributed by atoms with Gasteiger partial charge in [0.1, 0.15) is 0 Å². The van der Waals surface area contributed by atoms with Gasteiger partial charge >= 0.3 is 0 Å². The number of aryl methyl sites for hydroxylation is 1. The van der Waals surface area contributed by atoms with E-state index in [9.17, 15) is 19.5 Å². The van der Waals surface area contributed by atoms with Gasteiger partial charge in [-0.15, -0.1) is 0 Å². The number of nitrogens with one attached hydrogen (secondary N) is 2. The Morgan fingerprint density at radius 3 is 2.05 bits per heavy atom. The fraction of sp³-hybridized carbons (Fsp3) is 0.0968. The molecule has 8 nitrogen and oxygen atoms in total. The minimum Gasteiger partial charge on any atom is -0.372 e. The molecule has 40 heavy (non-hydrogen) atoms. The summed E-state index contributed by atoms with van der Waals surface area (Å²) < 4.78 is 0.991. The first kappa shape index (κ1) is 26.9. The van der Waals surface area contributed by atoms with Crippen molar-refractivity contribution in [1.29, 1.82) is 0 Å². The molecule has 5 aromatic rings. The van der Waals surface area contributed by atoms with E-state index in [1.165, 1.54) is 0 Å². The zero-order chi connectivity index (χ0) is 28.1. The maximum Gasteiger partial charge on any atom is 0.281 e. The Balaban J connectivity index is 1.50. The van der Waals surface area contributed by atoms with Gasteiger partial charge < -0.3 is 10.4 Å². The van der Waals surface area contributed by atoms with Crippen LogP contribution in [0.1, 0.15) is 16.7 Å². The smallest absolute Gasteiger partial charge is 0.281 e. The lowest BCUT2D eigenvalue weighted by molar-refractivity contribution is -0.132. The molecule has 200 valence electrons. The Bertz CT molecular complexity index is 1680. The van der Waals surface area contributed by atoms with E-state index in [1.54, 1.807) is 97.1 Å². The second-order valence-corrected chi connectivity index (χ2v) is 10.1. The molecule has 0 unspecified atom stereocenters. The highest BCUT2D eigenvalue weighted by molar-refractivity contribution is 7.99. The van der Waals surface area contributed by atoms with Crippen molar-refractivity contribution in [2.45, 2.75) is 17.7 Å². The van der Waals surface area contributed by atoms with E-state index in [4.69, 9.17) is 0 Å². The number of thioether (sulfide) groups is 1. The molecule has 0 fully saturated rings. The fourth-order valence-corrected chi connectivity index (χ4v) is 4.99. The SMILES string of the molecule is Cc1ccc(NC(=O)CSc2nc3ccccc3c(=O)n2NC(=O)C(O)(c2ccccc2)c2ccccc2)cc1. The highest BCUT2D eigenvalue weighted by Gasteiger charge is 2.40. The Kier molecular flexibility index (Phi) is 7.77. The van der Waals surface area contributed by atoms with E-state index in [1.807, 2.05) is 19.1 Å². The molecule has 0 bridgehead atoms. The lowest BCUT2D eigenvalue weighted by Gasteiger charge is -2.28. The van der Waals surface area contributed by atoms with Crippen LogP contribution in [0.15, 0.2) is 119 Å². The number of aromatic nitrogens is 2. The van der Waals surface area contributed by atoms with E-state index >= 15 is 0 Å². The van der Waals surface area contributed by atoms with E-state index in [2.05, 4.69) is 15.7 Å². The number of anilines is 1. The van der Waals surface area contributed by atoms with Gasteiger partial charge in [0.15, 0.2) is 10.8 Å². The van der Waals surface area contributed by atoms with Gasteiger partial charge in [-0.2, -0.15) is 4.68 Å². The molecule has 0 saturated carbocycles. The molecule has 1 heterocycles. The second-order valence-electron chi connectivity index (χ2n) is 9.14. The third-order valence-electron chi connectivity index (χ3n) is 6.34. The molecule has 4 aromatic carbocycles. The number of hydrogen-bond acceptors (Lipinski definition) is 6. The van der Waals surface area contributed by atoms with Crippen LogP contribution < -0.4 is 16.3 Å². The summed E-state index contributed by atoms with van der Waals surface area (Å²) in [5, 5.41) is 15.1. The summed E-state index contributed by atoms with van der Waals surface area (Å²) in [7, 11) is 0. The minimum absolute atomic E-state index is 0.0732. The molecular formula is C31H26N4O4S. The van der Waals surface area contributed by atoms with E-state index < -0.39 is 17.1 Å². The molecule has 0 saturated heterocycles. The van der Waals surface area contributed by atoms with Crippen molar-refractivity contribution in [3.63, 3.8) is 0 Å². The number of hydrogen-bond donors (Lipinski definition) is 3. The summed E-state index contributed by atoms with van der Waals surface area (Å²) in [5.74, 6) is -1.23. The van der Waals surface area contributed by atoms with Gasteiger partial charge in [-0.25, -0.2) is 4.98 Å². The molecule has 0 aliphatic carbocycles. The van der Waals surface area contributed by atoms with Gasteiger partial charge in [-0.3, -0.25) is 19.8 Å². The van der Waals surface area contributed by atoms with Crippen molar-refractivity contribution in [2.75, 3.05) is 16.5 Å². The van der Waals surface area contributed by atoms with Crippen LogP contribution in [0.3, 0.4) is 0 Å². The van der Waals surface area contributed by atoms with Gasteiger partial charge in [0.05, 0.1) is 16.7 Å². The summed E-state index contributed by atoms with van der Waals surface area (Å²) >= 11 is 0.994. The number of fused-ring (bicyclic) bond motifs is 1. The van der Waals surface area contributed by atoms with Gasteiger partial charge in [0.2, 0.25) is 5.91 Å². The molecular weight excluding hydrogens is 524 g/mol. The molecule has 0 aliphatic heterocycles. The topological polar surface area (TPSA) is 113 Å². The average molecular weight is 551 g/mol. The normalized spacial score (nSPS) is 11.2. The molecule has 2 amide bonds. The number of rotatable bonds is 8. The Hall–Kier alpha value is -4.73. The number of carbonyl (C=O) groups is 2. The molecule has 0 aliphatic rings. The summed E-state index contributed by atoms with van der Waals surface area (Å²) in [6, 6.07) is 31.1. The molecule has 0 spiro atoms. The number of aliphatic hydroxyl groups is 1. The number of amides is 2. The van der Waals surface area contributed by atoms with Crippen LogP contribution >= 0.6 is 11.8 Å². The maximum atomic E-state index is 13.8. The summed E-state index contributed by atoms with van der Waals surface area (Å²) in [5.41, 5.74) is 2.72.